The number of nitriles is 1. The summed E-state index contributed by atoms with van der Waals surface area (Å²) in [4.78, 5) is 0. The zero-order valence-corrected chi connectivity index (χ0v) is 10.9. The molecule has 5 heteroatoms. The Labute approximate surface area is 101 Å². The van der Waals surface area contributed by atoms with Crippen molar-refractivity contribution in [3.63, 3.8) is 0 Å². The molecule has 0 fully saturated rings. The van der Waals surface area contributed by atoms with Crippen LogP contribution in [0, 0.1) is 11.3 Å². The van der Waals surface area contributed by atoms with Crippen LogP contribution in [0.1, 0.15) is 19.4 Å². The minimum Gasteiger partial charge on any atom is -0.339 e. The second-order valence-corrected chi connectivity index (χ2v) is 6.50. The third-order valence-electron chi connectivity index (χ3n) is 2.40. The van der Waals surface area contributed by atoms with Crippen LogP contribution in [0.2, 0.25) is 0 Å². The zero-order chi connectivity index (χ0) is 12.7. The van der Waals surface area contributed by atoms with Gasteiger partial charge in [-0.2, -0.15) is 5.26 Å². The number of hydrogen-bond donors (Lipinski definition) is 0. The number of oxime groups is 1. The lowest BCUT2D eigenvalue weighted by molar-refractivity contribution is 0.336. The van der Waals surface area contributed by atoms with Crippen molar-refractivity contribution >= 4 is 13.1 Å². The summed E-state index contributed by atoms with van der Waals surface area (Å²) in [6, 6.07) is 10.9. The zero-order valence-electron chi connectivity index (χ0n) is 9.96. The van der Waals surface area contributed by atoms with Crippen LogP contribution in [0.15, 0.2) is 35.5 Å². The molecule has 4 nitrogen and oxygen atoms in total. The van der Waals surface area contributed by atoms with Crippen LogP contribution in [-0.2, 0) is 9.19 Å². The lowest BCUT2D eigenvalue weighted by Crippen LogP contribution is -1.99. The van der Waals surface area contributed by atoms with Crippen molar-refractivity contribution in [1.29, 1.82) is 5.26 Å². The maximum absolute atomic E-state index is 12.0. The molecule has 0 heterocycles. The topological polar surface area (TPSA) is 62.4 Å². The number of benzene rings is 1. The van der Waals surface area contributed by atoms with E-state index in [0.717, 1.165) is 0 Å². The minimum absolute atomic E-state index is 0.146. The van der Waals surface area contributed by atoms with Gasteiger partial charge in [0.2, 0.25) is 0 Å². The van der Waals surface area contributed by atoms with Gasteiger partial charge in [-0.15, -0.1) is 0 Å². The van der Waals surface area contributed by atoms with Crippen molar-refractivity contribution < 1.29 is 9.19 Å². The summed E-state index contributed by atoms with van der Waals surface area (Å²) in [5.74, 6) is 0. The first-order chi connectivity index (χ1) is 8.15. The van der Waals surface area contributed by atoms with E-state index < -0.39 is 7.37 Å². The molecule has 0 N–H and O–H groups in total. The molecule has 1 rings (SSSR count). The number of hydrogen-bond acceptors (Lipinski definition) is 4. The summed E-state index contributed by atoms with van der Waals surface area (Å²) in [6.07, 6.45) is 0.834. The fourth-order valence-corrected chi connectivity index (χ4v) is 2.10. The molecule has 0 atom stereocenters. The van der Waals surface area contributed by atoms with Crippen LogP contribution in [-0.4, -0.2) is 18.0 Å². The standard InChI is InChI=1S/C12H15N2O2P/c1-3-17(15,4-2)16-14-12(10-13)11-8-6-5-7-9-11/h5-9H,3-4H2,1-2H3/b14-12+. The Bertz CT molecular complexity index is 469. The molecule has 0 spiro atoms. The molecule has 17 heavy (non-hydrogen) atoms. The normalized spacial score (nSPS) is 11.9. The predicted molar refractivity (Wildman–Crippen MR) is 68.4 cm³/mol. The van der Waals surface area contributed by atoms with E-state index in [-0.39, 0.29) is 5.71 Å². The largest absolute Gasteiger partial charge is 0.339 e. The molecule has 0 aromatic heterocycles. The van der Waals surface area contributed by atoms with E-state index in [4.69, 9.17) is 9.89 Å². The molecule has 0 saturated carbocycles. The Kier molecular flexibility index (Phi) is 4.93. The number of nitrogens with zero attached hydrogens (tertiary/aromatic N) is 2. The average Bonchev–Trinajstić information content (AvgIpc) is 2.40. The van der Waals surface area contributed by atoms with Crippen LogP contribution >= 0.6 is 7.37 Å². The maximum atomic E-state index is 12.0. The van der Waals surface area contributed by atoms with E-state index >= 15 is 0 Å². The van der Waals surface area contributed by atoms with Crippen molar-refractivity contribution in [3.8, 4) is 6.07 Å². The lowest BCUT2D eigenvalue weighted by Gasteiger charge is -2.10. The third kappa shape index (κ3) is 3.72. The fraction of sp³-hybridized carbons (Fsp3) is 0.333. The van der Waals surface area contributed by atoms with Crippen molar-refractivity contribution in [2.45, 2.75) is 13.8 Å². The minimum atomic E-state index is -2.71. The van der Waals surface area contributed by atoms with E-state index in [0.29, 0.717) is 17.9 Å². The Morgan fingerprint density at radius 2 is 1.94 bits per heavy atom. The van der Waals surface area contributed by atoms with Crippen LogP contribution in [0.5, 0.6) is 0 Å². The summed E-state index contributed by atoms with van der Waals surface area (Å²) >= 11 is 0. The van der Waals surface area contributed by atoms with E-state index in [1.165, 1.54) is 0 Å². The van der Waals surface area contributed by atoms with Gasteiger partial charge in [-0.1, -0.05) is 49.3 Å². The highest BCUT2D eigenvalue weighted by molar-refractivity contribution is 7.58. The summed E-state index contributed by atoms with van der Waals surface area (Å²) in [5.41, 5.74) is 0.807. The van der Waals surface area contributed by atoms with Crippen molar-refractivity contribution in [1.82, 2.24) is 0 Å². The van der Waals surface area contributed by atoms with Gasteiger partial charge in [-0.05, 0) is 0 Å². The first kappa shape index (κ1) is 13.5. The molecule has 90 valence electrons. The Morgan fingerprint density at radius 3 is 2.41 bits per heavy atom. The van der Waals surface area contributed by atoms with Gasteiger partial charge in [0.25, 0.3) is 7.37 Å². The Hall–Kier alpha value is -1.59. The summed E-state index contributed by atoms with van der Waals surface area (Å²) < 4.78 is 17.0. The molecule has 1 aromatic rings. The molecule has 1 aromatic carbocycles. The van der Waals surface area contributed by atoms with Gasteiger partial charge in [0, 0.05) is 17.9 Å². The van der Waals surface area contributed by atoms with E-state index in [1.807, 2.05) is 12.1 Å². The molecular formula is C12H15N2O2P. The molecule has 0 unspecified atom stereocenters. The molecular weight excluding hydrogens is 235 g/mol. The monoisotopic (exact) mass is 250 g/mol. The second kappa shape index (κ2) is 6.22. The smallest absolute Gasteiger partial charge is 0.274 e. The molecule has 0 radical (unpaired) electrons. The van der Waals surface area contributed by atoms with Crippen molar-refractivity contribution in [2.24, 2.45) is 5.16 Å². The van der Waals surface area contributed by atoms with E-state index in [9.17, 15) is 4.57 Å². The maximum Gasteiger partial charge on any atom is 0.274 e. The summed E-state index contributed by atoms with van der Waals surface area (Å²) in [5, 5.41) is 12.7. The van der Waals surface area contributed by atoms with Crippen LogP contribution < -0.4 is 0 Å². The molecule has 0 aliphatic heterocycles. The quantitative estimate of drug-likeness (QED) is 0.457. The second-order valence-electron chi connectivity index (χ2n) is 3.45. The molecule has 0 aliphatic rings. The van der Waals surface area contributed by atoms with Gasteiger partial charge in [-0.3, -0.25) is 4.57 Å². The number of rotatable bonds is 5. The van der Waals surface area contributed by atoms with Crippen LogP contribution in [0.25, 0.3) is 0 Å². The van der Waals surface area contributed by atoms with E-state index in [2.05, 4.69) is 5.16 Å². The average molecular weight is 250 g/mol. The van der Waals surface area contributed by atoms with Gasteiger partial charge < -0.3 is 4.62 Å². The molecule has 0 aliphatic carbocycles. The van der Waals surface area contributed by atoms with Gasteiger partial charge in [0.1, 0.15) is 6.07 Å². The lowest BCUT2D eigenvalue weighted by atomic mass is 10.1. The third-order valence-corrected chi connectivity index (χ3v) is 4.70. The summed E-state index contributed by atoms with van der Waals surface area (Å²) in [6.45, 7) is 3.57. The highest BCUT2D eigenvalue weighted by Crippen LogP contribution is 2.46. The highest BCUT2D eigenvalue weighted by Gasteiger charge is 2.19. The predicted octanol–water partition coefficient (Wildman–Crippen LogP) is 3.25. The highest BCUT2D eigenvalue weighted by atomic mass is 31.2. The van der Waals surface area contributed by atoms with Gasteiger partial charge in [0.15, 0.2) is 5.71 Å². The summed E-state index contributed by atoms with van der Waals surface area (Å²) in [7, 11) is -2.71. The van der Waals surface area contributed by atoms with Gasteiger partial charge >= 0.3 is 0 Å². The van der Waals surface area contributed by atoms with Crippen molar-refractivity contribution in [3.05, 3.63) is 35.9 Å². The van der Waals surface area contributed by atoms with E-state index in [1.54, 1.807) is 38.1 Å². The molecule has 0 saturated heterocycles. The van der Waals surface area contributed by atoms with Gasteiger partial charge in [0.05, 0.1) is 0 Å². The Morgan fingerprint density at radius 1 is 1.35 bits per heavy atom. The van der Waals surface area contributed by atoms with Crippen molar-refractivity contribution in [2.75, 3.05) is 12.3 Å². The molecule has 0 amide bonds. The molecule has 0 bridgehead atoms. The van der Waals surface area contributed by atoms with Crippen LogP contribution in [0.4, 0.5) is 0 Å². The fourth-order valence-electron chi connectivity index (χ4n) is 1.19. The Balaban J connectivity index is 2.91. The first-order valence-corrected chi connectivity index (χ1v) is 7.45. The van der Waals surface area contributed by atoms with Crippen LogP contribution in [0.3, 0.4) is 0 Å². The van der Waals surface area contributed by atoms with Gasteiger partial charge in [-0.25, -0.2) is 0 Å². The SMILES string of the molecule is CCP(=O)(CC)O/N=C(\C#N)c1ccccc1. The first-order valence-electron chi connectivity index (χ1n) is 5.45.